The van der Waals surface area contributed by atoms with Crippen LogP contribution in [-0.2, 0) is 0 Å². The van der Waals surface area contributed by atoms with Gasteiger partial charge in [0, 0.05) is 19.6 Å². The lowest BCUT2D eigenvalue weighted by Crippen LogP contribution is -2.30. The van der Waals surface area contributed by atoms with Gasteiger partial charge < -0.3 is 20.1 Å². The van der Waals surface area contributed by atoms with E-state index in [0.29, 0.717) is 18.4 Å². The van der Waals surface area contributed by atoms with Gasteiger partial charge >= 0.3 is 6.01 Å². The summed E-state index contributed by atoms with van der Waals surface area (Å²) >= 11 is 0. The lowest BCUT2D eigenvalue weighted by atomic mass is 10.3. The van der Waals surface area contributed by atoms with Crippen LogP contribution in [0.15, 0.2) is 0 Å². The summed E-state index contributed by atoms with van der Waals surface area (Å²) in [5, 5.41) is 12.2. The molecule has 108 valence electrons. The van der Waals surface area contributed by atoms with Crippen molar-refractivity contribution < 1.29 is 9.84 Å². The first kappa shape index (κ1) is 15.4. The molecular weight excluding hydrogens is 246 g/mol. The van der Waals surface area contributed by atoms with E-state index in [1.807, 2.05) is 11.8 Å². The van der Waals surface area contributed by atoms with Crippen LogP contribution < -0.4 is 15.0 Å². The van der Waals surface area contributed by atoms with Gasteiger partial charge in [0.2, 0.25) is 11.9 Å². The average molecular weight is 269 g/mol. The van der Waals surface area contributed by atoms with Crippen LogP contribution in [0, 0.1) is 0 Å². The fourth-order valence-electron chi connectivity index (χ4n) is 1.60. The molecule has 1 rings (SSSR count). The van der Waals surface area contributed by atoms with Crippen molar-refractivity contribution in [3.05, 3.63) is 0 Å². The molecule has 1 heterocycles. The molecule has 0 aliphatic rings. The molecule has 1 aromatic heterocycles. The van der Waals surface area contributed by atoms with E-state index in [9.17, 15) is 0 Å². The minimum absolute atomic E-state index is 0.0637. The first-order valence-corrected chi connectivity index (χ1v) is 6.64. The highest BCUT2D eigenvalue weighted by Crippen LogP contribution is 2.15. The van der Waals surface area contributed by atoms with Crippen LogP contribution in [0.5, 0.6) is 6.01 Å². The maximum atomic E-state index is 9.14. The van der Waals surface area contributed by atoms with Crippen LogP contribution in [0.3, 0.4) is 0 Å². The van der Waals surface area contributed by atoms with Crippen LogP contribution in [0.2, 0.25) is 0 Å². The molecule has 0 amide bonds. The summed E-state index contributed by atoms with van der Waals surface area (Å²) in [6, 6.07) is 0.278. The van der Waals surface area contributed by atoms with E-state index < -0.39 is 0 Å². The van der Waals surface area contributed by atoms with Crippen LogP contribution in [0.4, 0.5) is 11.9 Å². The smallest absolute Gasteiger partial charge is 0.322 e. The fraction of sp³-hybridized carbons (Fsp3) is 0.750. The van der Waals surface area contributed by atoms with Crippen molar-refractivity contribution in [2.45, 2.75) is 26.7 Å². The minimum Gasteiger partial charge on any atom is -0.467 e. The summed E-state index contributed by atoms with van der Waals surface area (Å²) < 4.78 is 5.08. The standard InChI is InChI=1S/C12H23N5O2/c1-4-6-7-17(8-9-18)11-14-10(13-5-2)15-12(16-11)19-3/h18H,4-9H2,1-3H3,(H,13,14,15,16). The zero-order valence-corrected chi connectivity index (χ0v) is 11.9. The number of anilines is 2. The Morgan fingerprint density at radius 1 is 1.21 bits per heavy atom. The van der Waals surface area contributed by atoms with E-state index in [-0.39, 0.29) is 12.6 Å². The average Bonchev–Trinajstić information content (AvgIpc) is 2.43. The summed E-state index contributed by atoms with van der Waals surface area (Å²) in [6.07, 6.45) is 2.09. The summed E-state index contributed by atoms with van der Waals surface area (Å²) in [6.45, 7) is 6.18. The van der Waals surface area contributed by atoms with Crippen molar-refractivity contribution in [2.24, 2.45) is 0 Å². The number of ether oxygens (including phenoxy) is 1. The molecule has 0 spiro atoms. The Hall–Kier alpha value is -1.63. The second-order valence-electron chi connectivity index (χ2n) is 4.04. The van der Waals surface area contributed by atoms with E-state index in [0.717, 1.165) is 25.9 Å². The molecule has 0 saturated heterocycles. The first-order valence-electron chi connectivity index (χ1n) is 6.64. The zero-order valence-electron chi connectivity index (χ0n) is 11.9. The Morgan fingerprint density at radius 3 is 2.58 bits per heavy atom. The normalized spacial score (nSPS) is 10.3. The summed E-state index contributed by atoms with van der Waals surface area (Å²) in [5.74, 6) is 1.02. The van der Waals surface area contributed by atoms with E-state index in [2.05, 4.69) is 27.2 Å². The Balaban J connectivity index is 2.95. The molecule has 7 heteroatoms. The van der Waals surface area contributed by atoms with Gasteiger partial charge in [-0.3, -0.25) is 0 Å². The molecule has 0 saturated carbocycles. The van der Waals surface area contributed by atoms with Gasteiger partial charge in [0.1, 0.15) is 0 Å². The van der Waals surface area contributed by atoms with Crippen molar-refractivity contribution in [3.63, 3.8) is 0 Å². The highest BCUT2D eigenvalue weighted by molar-refractivity contribution is 5.38. The van der Waals surface area contributed by atoms with Crippen LogP contribution >= 0.6 is 0 Å². The molecule has 0 atom stereocenters. The Morgan fingerprint density at radius 2 is 2.00 bits per heavy atom. The number of aromatic nitrogens is 3. The third-order valence-corrected chi connectivity index (χ3v) is 2.55. The Kier molecular flexibility index (Phi) is 6.88. The van der Waals surface area contributed by atoms with Crippen molar-refractivity contribution in [1.82, 2.24) is 15.0 Å². The molecule has 19 heavy (non-hydrogen) atoms. The van der Waals surface area contributed by atoms with Crippen molar-refractivity contribution in [3.8, 4) is 6.01 Å². The van der Waals surface area contributed by atoms with Gasteiger partial charge in [-0.15, -0.1) is 0 Å². The highest BCUT2D eigenvalue weighted by Gasteiger charge is 2.13. The third kappa shape index (κ3) is 4.86. The number of hydrogen-bond acceptors (Lipinski definition) is 7. The number of nitrogens with zero attached hydrogens (tertiary/aromatic N) is 4. The Labute approximate surface area is 114 Å². The SMILES string of the molecule is CCCCN(CCO)c1nc(NCC)nc(OC)n1. The van der Waals surface area contributed by atoms with Gasteiger partial charge in [-0.25, -0.2) is 0 Å². The predicted octanol–water partition coefficient (Wildman–Crippen LogP) is 0.911. The first-order chi connectivity index (χ1) is 9.24. The van der Waals surface area contributed by atoms with E-state index in [4.69, 9.17) is 9.84 Å². The van der Waals surface area contributed by atoms with Crippen molar-refractivity contribution in [1.29, 1.82) is 0 Å². The quantitative estimate of drug-likeness (QED) is 0.689. The second kappa shape index (κ2) is 8.47. The maximum absolute atomic E-state index is 9.14. The predicted molar refractivity (Wildman–Crippen MR) is 74.7 cm³/mol. The van der Waals surface area contributed by atoms with Gasteiger partial charge in [-0.2, -0.15) is 15.0 Å². The molecule has 0 aromatic carbocycles. The monoisotopic (exact) mass is 269 g/mol. The van der Waals surface area contributed by atoms with Gasteiger partial charge in [0.15, 0.2) is 0 Å². The zero-order chi connectivity index (χ0) is 14.1. The molecular formula is C12H23N5O2. The molecule has 7 nitrogen and oxygen atoms in total. The lowest BCUT2D eigenvalue weighted by Gasteiger charge is -2.21. The number of rotatable bonds is 9. The minimum atomic E-state index is 0.0637. The van der Waals surface area contributed by atoms with Crippen LogP contribution in [0.25, 0.3) is 0 Å². The summed E-state index contributed by atoms with van der Waals surface area (Å²) in [7, 11) is 1.53. The molecule has 0 aliphatic heterocycles. The molecule has 1 aromatic rings. The molecule has 2 N–H and O–H groups in total. The number of aliphatic hydroxyl groups excluding tert-OH is 1. The van der Waals surface area contributed by atoms with Gasteiger partial charge in [0.25, 0.3) is 0 Å². The van der Waals surface area contributed by atoms with E-state index in [1.165, 1.54) is 7.11 Å². The molecule has 0 bridgehead atoms. The van der Waals surface area contributed by atoms with Crippen LogP contribution in [-0.4, -0.2) is 53.4 Å². The van der Waals surface area contributed by atoms with Gasteiger partial charge in [0.05, 0.1) is 13.7 Å². The fourth-order valence-corrected chi connectivity index (χ4v) is 1.60. The second-order valence-corrected chi connectivity index (χ2v) is 4.04. The number of aliphatic hydroxyl groups is 1. The number of methoxy groups -OCH3 is 1. The number of hydrogen-bond donors (Lipinski definition) is 2. The molecule has 0 aliphatic carbocycles. The van der Waals surface area contributed by atoms with E-state index >= 15 is 0 Å². The largest absolute Gasteiger partial charge is 0.467 e. The summed E-state index contributed by atoms with van der Waals surface area (Å²) in [5.41, 5.74) is 0. The number of unbranched alkanes of at least 4 members (excludes halogenated alkanes) is 1. The molecule has 0 radical (unpaired) electrons. The van der Waals surface area contributed by atoms with Crippen LogP contribution in [0.1, 0.15) is 26.7 Å². The van der Waals surface area contributed by atoms with E-state index in [1.54, 1.807) is 0 Å². The van der Waals surface area contributed by atoms with Crippen molar-refractivity contribution in [2.75, 3.05) is 43.6 Å². The van der Waals surface area contributed by atoms with Gasteiger partial charge in [-0.05, 0) is 13.3 Å². The maximum Gasteiger partial charge on any atom is 0.322 e. The molecule has 0 fully saturated rings. The molecule has 0 unspecified atom stereocenters. The topological polar surface area (TPSA) is 83.4 Å². The summed E-state index contributed by atoms with van der Waals surface area (Å²) in [4.78, 5) is 14.6. The lowest BCUT2D eigenvalue weighted by molar-refractivity contribution is 0.300. The van der Waals surface area contributed by atoms with Gasteiger partial charge in [-0.1, -0.05) is 13.3 Å². The number of nitrogens with one attached hydrogen (secondary N) is 1. The highest BCUT2D eigenvalue weighted by atomic mass is 16.5. The van der Waals surface area contributed by atoms with Crippen molar-refractivity contribution >= 4 is 11.9 Å². The Bertz CT molecular complexity index is 375. The third-order valence-electron chi connectivity index (χ3n) is 2.55.